The zero-order chi connectivity index (χ0) is 11.3. The number of anilines is 1. The van der Waals surface area contributed by atoms with Crippen molar-refractivity contribution in [1.29, 1.82) is 0 Å². The van der Waals surface area contributed by atoms with Gasteiger partial charge in [0, 0.05) is 18.1 Å². The first-order valence-corrected chi connectivity index (χ1v) is 5.67. The highest BCUT2D eigenvalue weighted by Crippen LogP contribution is 2.24. The Hall–Kier alpha value is -0.830. The molecule has 0 radical (unpaired) electrons. The monoisotopic (exact) mass is 227 g/mol. The van der Waals surface area contributed by atoms with Crippen LogP contribution in [0.2, 0.25) is 0 Å². The second-order valence-electron chi connectivity index (χ2n) is 4.65. The summed E-state index contributed by atoms with van der Waals surface area (Å²) in [6.07, 6.45) is 2.58. The van der Waals surface area contributed by atoms with Crippen LogP contribution < -0.4 is 5.32 Å². The lowest BCUT2D eigenvalue weighted by atomic mass is 9.85. The lowest BCUT2D eigenvalue weighted by Crippen LogP contribution is -2.34. The van der Waals surface area contributed by atoms with Gasteiger partial charge in [0.1, 0.15) is 5.82 Å². The molecule has 84 valence electrons. The first-order valence-electron chi connectivity index (χ1n) is 5.14. The molecule has 1 rings (SSSR count). The van der Waals surface area contributed by atoms with Crippen LogP contribution in [0.4, 0.5) is 5.82 Å². The Balaban J connectivity index is 2.67. The molecule has 0 fully saturated rings. The van der Waals surface area contributed by atoms with Crippen molar-refractivity contribution in [2.45, 2.75) is 33.2 Å². The molecule has 1 atom stereocenters. The van der Waals surface area contributed by atoms with Gasteiger partial charge in [-0.25, -0.2) is 0 Å². The molecule has 0 aliphatic carbocycles. The predicted molar refractivity (Wildman–Crippen MR) is 64.2 cm³/mol. The first kappa shape index (κ1) is 12.2. The molecular weight excluding hydrogens is 210 g/mol. The fraction of sp³-hybridized carbons (Fsp3) is 0.636. The Labute approximate surface area is 96.2 Å². The number of rotatable bonds is 4. The molecule has 0 bridgehead atoms. The van der Waals surface area contributed by atoms with E-state index in [0.717, 1.165) is 12.2 Å². The van der Waals surface area contributed by atoms with E-state index in [0.29, 0.717) is 11.9 Å². The van der Waals surface area contributed by atoms with Crippen LogP contribution in [0.15, 0.2) is 18.3 Å². The highest BCUT2D eigenvalue weighted by atomic mass is 35.5. The third-order valence-corrected chi connectivity index (χ3v) is 2.56. The number of alkyl halides is 1. The molecule has 15 heavy (non-hydrogen) atoms. The molecule has 1 heterocycles. The van der Waals surface area contributed by atoms with Gasteiger partial charge in [0.2, 0.25) is 0 Å². The van der Waals surface area contributed by atoms with Gasteiger partial charge in [-0.3, -0.25) is 0 Å². The van der Waals surface area contributed by atoms with Crippen molar-refractivity contribution in [1.82, 2.24) is 10.2 Å². The molecule has 1 unspecified atom stereocenters. The molecule has 0 amide bonds. The molecule has 1 N–H and O–H groups in total. The van der Waals surface area contributed by atoms with E-state index >= 15 is 0 Å². The van der Waals surface area contributed by atoms with E-state index in [-0.39, 0.29) is 5.41 Å². The minimum Gasteiger partial charge on any atom is -0.365 e. The maximum atomic E-state index is 5.79. The van der Waals surface area contributed by atoms with Crippen LogP contribution in [0, 0.1) is 5.41 Å². The topological polar surface area (TPSA) is 37.8 Å². The SMILES string of the molecule is CC(C)(C)C(CCCl)Nc1cccnn1. The average molecular weight is 228 g/mol. The van der Waals surface area contributed by atoms with Crippen LogP contribution in [-0.2, 0) is 0 Å². The Kier molecular flexibility index (Phi) is 4.33. The minimum absolute atomic E-state index is 0.159. The van der Waals surface area contributed by atoms with Crippen LogP contribution >= 0.6 is 11.6 Å². The second-order valence-corrected chi connectivity index (χ2v) is 5.03. The van der Waals surface area contributed by atoms with Crippen LogP contribution in [0.1, 0.15) is 27.2 Å². The van der Waals surface area contributed by atoms with Gasteiger partial charge in [-0.2, -0.15) is 5.10 Å². The number of hydrogen-bond acceptors (Lipinski definition) is 3. The van der Waals surface area contributed by atoms with Gasteiger partial charge in [-0.15, -0.1) is 16.7 Å². The summed E-state index contributed by atoms with van der Waals surface area (Å²) < 4.78 is 0. The number of nitrogens with one attached hydrogen (secondary N) is 1. The maximum absolute atomic E-state index is 5.79. The van der Waals surface area contributed by atoms with Gasteiger partial charge in [-0.05, 0) is 24.0 Å². The van der Waals surface area contributed by atoms with Crippen molar-refractivity contribution >= 4 is 17.4 Å². The smallest absolute Gasteiger partial charge is 0.148 e. The van der Waals surface area contributed by atoms with Crippen molar-refractivity contribution in [2.75, 3.05) is 11.2 Å². The van der Waals surface area contributed by atoms with Crippen LogP contribution in [0.5, 0.6) is 0 Å². The zero-order valence-corrected chi connectivity index (χ0v) is 10.3. The third kappa shape index (κ3) is 4.04. The van der Waals surface area contributed by atoms with E-state index in [4.69, 9.17) is 11.6 Å². The summed E-state index contributed by atoms with van der Waals surface area (Å²) >= 11 is 5.79. The van der Waals surface area contributed by atoms with E-state index < -0.39 is 0 Å². The van der Waals surface area contributed by atoms with Gasteiger partial charge in [0.25, 0.3) is 0 Å². The quantitative estimate of drug-likeness (QED) is 0.804. The minimum atomic E-state index is 0.159. The van der Waals surface area contributed by atoms with Crippen LogP contribution in [0.25, 0.3) is 0 Å². The molecular formula is C11H18ClN3. The Morgan fingerprint density at radius 3 is 2.67 bits per heavy atom. The van der Waals surface area contributed by atoms with E-state index in [1.807, 2.05) is 12.1 Å². The molecule has 4 heteroatoms. The van der Waals surface area contributed by atoms with E-state index in [1.54, 1.807) is 6.20 Å². The predicted octanol–water partition coefficient (Wildman–Crippen LogP) is 2.93. The average Bonchev–Trinajstić information content (AvgIpc) is 2.17. The largest absolute Gasteiger partial charge is 0.365 e. The number of halogens is 1. The fourth-order valence-electron chi connectivity index (χ4n) is 1.39. The van der Waals surface area contributed by atoms with Gasteiger partial charge in [0.05, 0.1) is 0 Å². The Morgan fingerprint density at radius 2 is 2.20 bits per heavy atom. The summed E-state index contributed by atoms with van der Waals surface area (Å²) in [6, 6.07) is 4.10. The van der Waals surface area contributed by atoms with Gasteiger partial charge in [0.15, 0.2) is 0 Å². The van der Waals surface area contributed by atoms with Gasteiger partial charge >= 0.3 is 0 Å². The lowest BCUT2D eigenvalue weighted by molar-refractivity contribution is 0.334. The Bertz CT molecular complexity index is 282. The summed E-state index contributed by atoms with van der Waals surface area (Å²) in [5.74, 6) is 1.46. The van der Waals surface area contributed by atoms with Crippen molar-refractivity contribution in [3.8, 4) is 0 Å². The summed E-state index contributed by atoms with van der Waals surface area (Å²) in [5, 5.41) is 11.2. The second kappa shape index (κ2) is 5.31. The lowest BCUT2D eigenvalue weighted by Gasteiger charge is -2.31. The standard InChI is InChI=1S/C11H18ClN3/c1-11(2,3)9(6-7-12)14-10-5-4-8-13-15-10/h4-5,8-9H,6-7H2,1-3H3,(H,14,15). The van der Waals surface area contributed by atoms with Crippen molar-refractivity contribution in [3.05, 3.63) is 18.3 Å². The number of nitrogens with zero attached hydrogens (tertiary/aromatic N) is 2. The molecule has 0 saturated heterocycles. The van der Waals surface area contributed by atoms with Crippen LogP contribution in [-0.4, -0.2) is 22.1 Å². The van der Waals surface area contributed by atoms with Crippen molar-refractivity contribution in [3.63, 3.8) is 0 Å². The normalized spacial score (nSPS) is 13.6. The van der Waals surface area contributed by atoms with E-state index in [1.165, 1.54) is 0 Å². The highest BCUT2D eigenvalue weighted by molar-refractivity contribution is 6.17. The van der Waals surface area contributed by atoms with Gasteiger partial charge < -0.3 is 5.32 Å². The Morgan fingerprint density at radius 1 is 1.47 bits per heavy atom. The highest BCUT2D eigenvalue weighted by Gasteiger charge is 2.24. The molecule has 0 aliphatic heterocycles. The van der Waals surface area contributed by atoms with E-state index in [2.05, 4.69) is 36.3 Å². The molecule has 0 saturated carbocycles. The molecule has 3 nitrogen and oxygen atoms in total. The summed E-state index contributed by atoms with van der Waals surface area (Å²) in [4.78, 5) is 0. The summed E-state index contributed by atoms with van der Waals surface area (Å²) in [6.45, 7) is 6.56. The van der Waals surface area contributed by atoms with Crippen molar-refractivity contribution in [2.24, 2.45) is 5.41 Å². The zero-order valence-electron chi connectivity index (χ0n) is 9.50. The maximum Gasteiger partial charge on any atom is 0.148 e. The number of aromatic nitrogens is 2. The molecule has 0 aromatic carbocycles. The molecule has 1 aromatic heterocycles. The van der Waals surface area contributed by atoms with Gasteiger partial charge in [-0.1, -0.05) is 20.8 Å². The molecule has 0 spiro atoms. The third-order valence-electron chi connectivity index (χ3n) is 2.34. The summed E-state index contributed by atoms with van der Waals surface area (Å²) in [5.41, 5.74) is 0.159. The first-order chi connectivity index (χ1) is 7.04. The molecule has 0 aliphatic rings. The number of hydrogen-bond donors (Lipinski definition) is 1. The fourth-order valence-corrected chi connectivity index (χ4v) is 1.61. The van der Waals surface area contributed by atoms with E-state index in [9.17, 15) is 0 Å². The van der Waals surface area contributed by atoms with Crippen molar-refractivity contribution < 1.29 is 0 Å². The summed E-state index contributed by atoms with van der Waals surface area (Å²) in [7, 11) is 0. The molecule has 1 aromatic rings. The van der Waals surface area contributed by atoms with Crippen LogP contribution in [0.3, 0.4) is 0 Å².